The van der Waals surface area contributed by atoms with Gasteiger partial charge in [0.05, 0.1) is 11.2 Å². The Kier molecular flexibility index (Phi) is 5.15. The molecule has 2 aromatic carbocycles. The zero-order chi connectivity index (χ0) is 22.7. The summed E-state index contributed by atoms with van der Waals surface area (Å²) in [6, 6.07) is 15.5. The third-order valence-electron chi connectivity index (χ3n) is 7.85. The molecule has 3 fully saturated rings. The van der Waals surface area contributed by atoms with E-state index >= 15 is 0 Å². The second-order valence-corrected chi connectivity index (χ2v) is 10.4. The molecule has 5 nitrogen and oxygen atoms in total. The van der Waals surface area contributed by atoms with Crippen LogP contribution in [0.4, 0.5) is 0 Å². The van der Waals surface area contributed by atoms with E-state index in [-0.39, 0.29) is 5.91 Å². The van der Waals surface area contributed by atoms with Crippen LogP contribution in [-0.4, -0.2) is 45.9 Å². The molecule has 1 saturated carbocycles. The van der Waals surface area contributed by atoms with Crippen molar-refractivity contribution in [2.45, 2.75) is 69.0 Å². The number of benzene rings is 2. The fraction of sp³-hybridized carbons (Fsp3) is 0.444. The van der Waals surface area contributed by atoms with Gasteiger partial charge in [0, 0.05) is 47.1 Å². The summed E-state index contributed by atoms with van der Waals surface area (Å²) < 4.78 is 0. The van der Waals surface area contributed by atoms with E-state index in [9.17, 15) is 4.79 Å². The lowest BCUT2D eigenvalue weighted by atomic mass is 9.97. The van der Waals surface area contributed by atoms with Crippen molar-refractivity contribution in [2.75, 3.05) is 7.05 Å². The molecule has 3 heterocycles. The van der Waals surface area contributed by atoms with E-state index in [1.54, 1.807) is 0 Å². The molecule has 1 aliphatic carbocycles. The molecular formula is C27H29ClN4O. The van der Waals surface area contributed by atoms with Crippen LogP contribution in [0.1, 0.15) is 71.4 Å². The molecule has 170 valence electrons. The van der Waals surface area contributed by atoms with Gasteiger partial charge < -0.3 is 10.2 Å². The fourth-order valence-corrected chi connectivity index (χ4v) is 6.34. The third-order valence-corrected chi connectivity index (χ3v) is 8.18. The average Bonchev–Trinajstić information content (AvgIpc) is 3.54. The zero-order valence-electron chi connectivity index (χ0n) is 19.1. The Labute approximate surface area is 199 Å². The molecule has 6 rings (SSSR count). The lowest BCUT2D eigenvalue weighted by molar-refractivity contribution is 0.0681. The summed E-state index contributed by atoms with van der Waals surface area (Å²) >= 11 is 6.74. The first-order chi connectivity index (χ1) is 16.0. The summed E-state index contributed by atoms with van der Waals surface area (Å²) in [5.41, 5.74) is 3.89. The number of rotatable bonds is 4. The summed E-state index contributed by atoms with van der Waals surface area (Å²) in [7, 11) is 1.94. The summed E-state index contributed by atoms with van der Waals surface area (Å²) in [5, 5.41) is 5.46. The Morgan fingerprint density at radius 1 is 1.03 bits per heavy atom. The number of carbonyl (C=O) groups is 1. The van der Waals surface area contributed by atoms with Crippen molar-refractivity contribution in [1.29, 1.82) is 0 Å². The van der Waals surface area contributed by atoms with E-state index in [0.717, 1.165) is 47.2 Å². The number of para-hydroxylation sites is 1. The van der Waals surface area contributed by atoms with Gasteiger partial charge >= 0.3 is 0 Å². The van der Waals surface area contributed by atoms with Crippen LogP contribution < -0.4 is 5.32 Å². The number of aryl methyl sites for hydroxylation is 1. The molecular weight excluding hydrogens is 432 g/mol. The van der Waals surface area contributed by atoms with Crippen molar-refractivity contribution >= 4 is 28.4 Å². The van der Waals surface area contributed by atoms with Crippen LogP contribution >= 0.6 is 11.6 Å². The Hall–Kier alpha value is -2.50. The third kappa shape index (κ3) is 3.81. The molecule has 2 bridgehead atoms. The van der Waals surface area contributed by atoms with Crippen LogP contribution in [0.15, 0.2) is 42.5 Å². The van der Waals surface area contributed by atoms with Crippen LogP contribution in [0.5, 0.6) is 0 Å². The highest BCUT2D eigenvalue weighted by Crippen LogP contribution is 2.56. The topological polar surface area (TPSA) is 58.1 Å². The molecule has 6 heteroatoms. The minimum absolute atomic E-state index is 0.0690. The highest BCUT2D eigenvalue weighted by atomic mass is 35.5. The van der Waals surface area contributed by atoms with Gasteiger partial charge in [-0.1, -0.05) is 35.9 Å². The van der Waals surface area contributed by atoms with Crippen molar-refractivity contribution in [1.82, 2.24) is 20.2 Å². The number of piperidine rings is 1. The van der Waals surface area contributed by atoms with Gasteiger partial charge in [0.25, 0.3) is 5.91 Å². The first-order valence-electron chi connectivity index (χ1n) is 12.0. The highest BCUT2D eigenvalue weighted by Gasteiger charge is 2.43. The summed E-state index contributed by atoms with van der Waals surface area (Å²) in [6.45, 7) is 1.95. The molecule has 3 aromatic rings. The molecule has 1 N–H and O–H groups in total. The van der Waals surface area contributed by atoms with Gasteiger partial charge in [0.2, 0.25) is 0 Å². The van der Waals surface area contributed by atoms with E-state index in [1.807, 2.05) is 49.2 Å². The minimum atomic E-state index is 0.0690. The quantitative estimate of drug-likeness (QED) is 0.580. The maximum Gasteiger partial charge on any atom is 0.253 e. The zero-order valence-corrected chi connectivity index (χ0v) is 19.8. The minimum Gasteiger partial charge on any atom is -0.339 e. The van der Waals surface area contributed by atoms with E-state index in [2.05, 4.69) is 22.4 Å². The van der Waals surface area contributed by atoms with Gasteiger partial charge in [-0.05, 0) is 68.7 Å². The van der Waals surface area contributed by atoms with Gasteiger partial charge in [-0.2, -0.15) is 0 Å². The van der Waals surface area contributed by atoms with Crippen LogP contribution in [0.2, 0.25) is 5.02 Å². The van der Waals surface area contributed by atoms with E-state index in [1.165, 1.54) is 12.8 Å². The number of halogens is 1. The normalized spacial score (nSPS) is 28.2. The van der Waals surface area contributed by atoms with Gasteiger partial charge in [0.1, 0.15) is 5.82 Å². The lowest BCUT2D eigenvalue weighted by Gasteiger charge is -2.35. The monoisotopic (exact) mass is 460 g/mol. The number of hydrogen-bond acceptors (Lipinski definition) is 4. The van der Waals surface area contributed by atoms with Crippen molar-refractivity contribution in [3.8, 4) is 0 Å². The van der Waals surface area contributed by atoms with Crippen LogP contribution in [0.3, 0.4) is 0 Å². The molecule has 3 aliphatic rings. The molecule has 33 heavy (non-hydrogen) atoms. The second-order valence-electron chi connectivity index (χ2n) is 10.0. The number of carbonyl (C=O) groups excluding carboxylic acids is 1. The number of aromatic nitrogens is 2. The van der Waals surface area contributed by atoms with Gasteiger partial charge in [-0.15, -0.1) is 0 Å². The van der Waals surface area contributed by atoms with Crippen molar-refractivity contribution in [3.63, 3.8) is 0 Å². The molecule has 0 spiro atoms. The number of fused-ring (bicyclic) bond motifs is 3. The number of nitrogens with one attached hydrogen (secondary N) is 1. The van der Waals surface area contributed by atoms with Crippen molar-refractivity contribution < 1.29 is 4.79 Å². The van der Waals surface area contributed by atoms with Gasteiger partial charge in [0.15, 0.2) is 0 Å². The smallest absolute Gasteiger partial charge is 0.253 e. The SMILES string of the molecule is Cc1nc(C2CC2c2ccc(C(=O)N(C)C3CC4CCC(C3)N4)cc2Cl)c2ccccc2n1. The van der Waals surface area contributed by atoms with E-state index in [4.69, 9.17) is 16.6 Å². The molecule has 0 radical (unpaired) electrons. The second kappa shape index (κ2) is 8.07. The first-order valence-corrected chi connectivity index (χ1v) is 12.4. The van der Waals surface area contributed by atoms with Gasteiger partial charge in [-0.3, -0.25) is 4.79 Å². The summed E-state index contributed by atoms with van der Waals surface area (Å²) in [6.07, 6.45) is 5.56. The molecule has 2 saturated heterocycles. The van der Waals surface area contributed by atoms with Crippen LogP contribution in [0.25, 0.3) is 10.9 Å². The fourth-order valence-electron chi connectivity index (χ4n) is 6.02. The molecule has 2 aliphatic heterocycles. The van der Waals surface area contributed by atoms with E-state index in [0.29, 0.717) is 40.5 Å². The molecule has 4 atom stereocenters. The Morgan fingerprint density at radius 2 is 1.79 bits per heavy atom. The Morgan fingerprint density at radius 3 is 2.55 bits per heavy atom. The lowest BCUT2D eigenvalue weighted by Crippen LogP contribution is -2.48. The van der Waals surface area contributed by atoms with Crippen LogP contribution in [0, 0.1) is 6.92 Å². The summed E-state index contributed by atoms with van der Waals surface area (Å²) in [5.74, 6) is 1.54. The Balaban J connectivity index is 1.21. The number of amides is 1. The number of nitrogens with zero attached hydrogens (tertiary/aromatic N) is 3. The van der Waals surface area contributed by atoms with Crippen LogP contribution in [-0.2, 0) is 0 Å². The Bertz CT molecular complexity index is 1230. The van der Waals surface area contributed by atoms with Gasteiger partial charge in [-0.25, -0.2) is 9.97 Å². The van der Waals surface area contributed by atoms with E-state index < -0.39 is 0 Å². The highest BCUT2D eigenvalue weighted by molar-refractivity contribution is 6.31. The molecule has 1 aromatic heterocycles. The average molecular weight is 461 g/mol. The maximum atomic E-state index is 13.2. The largest absolute Gasteiger partial charge is 0.339 e. The predicted octanol–water partition coefficient (Wildman–Crippen LogP) is 5.22. The number of hydrogen-bond donors (Lipinski definition) is 1. The summed E-state index contributed by atoms with van der Waals surface area (Å²) in [4.78, 5) is 24.5. The van der Waals surface area contributed by atoms with Crippen molar-refractivity contribution in [2.24, 2.45) is 0 Å². The molecule has 4 unspecified atom stereocenters. The molecule has 1 amide bonds. The van der Waals surface area contributed by atoms with Crippen molar-refractivity contribution in [3.05, 3.63) is 70.1 Å². The first kappa shape index (κ1) is 21.1. The standard InChI is InChI=1S/C27H29ClN4O/c1-15-29-25-6-4-3-5-21(25)26(30-15)23-14-22(23)20-10-7-16(11-24(20)28)27(33)32(2)19-12-17-8-9-18(13-19)31-17/h3-7,10-11,17-19,22-23,31H,8-9,12-14H2,1-2H3. The maximum absolute atomic E-state index is 13.2. The predicted molar refractivity (Wildman–Crippen MR) is 131 cm³/mol.